The Morgan fingerprint density at radius 1 is 1.53 bits per heavy atom. The van der Waals surface area contributed by atoms with E-state index in [1.807, 2.05) is 6.92 Å². The maximum atomic E-state index is 13.1. The Balaban J connectivity index is 2.54. The zero-order valence-corrected chi connectivity index (χ0v) is 11.5. The van der Waals surface area contributed by atoms with Crippen LogP contribution in [0.1, 0.15) is 25.8 Å². The molecule has 4 nitrogen and oxygen atoms in total. The molecule has 1 aromatic carbocycles. The SMILES string of the molecule is CCCN1C(=O)NC(=N)C1(C)c1ccc(F)cc1Cl. The number of carbonyl (C=O) groups is 1. The van der Waals surface area contributed by atoms with Gasteiger partial charge in [0.15, 0.2) is 0 Å². The molecule has 2 amide bonds. The minimum atomic E-state index is -0.974. The lowest BCUT2D eigenvalue weighted by atomic mass is 9.90. The third kappa shape index (κ3) is 2.08. The molecule has 0 aromatic heterocycles. The summed E-state index contributed by atoms with van der Waals surface area (Å²) in [5.74, 6) is -0.386. The van der Waals surface area contributed by atoms with Crippen LogP contribution < -0.4 is 5.32 Å². The molecular weight excluding hydrogens is 269 g/mol. The van der Waals surface area contributed by atoms with E-state index in [0.717, 1.165) is 6.42 Å². The average Bonchev–Trinajstić information content (AvgIpc) is 2.54. The number of urea groups is 1. The van der Waals surface area contributed by atoms with Crippen molar-refractivity contribution in [1.29, 1.82) is 5.41 Å². The molecule has 19 heavy (non-hydrogen) atoms. The Morgan fingerprint density at radius 3 is 2.79 bits per heavy atom. The first-order chi connectivity index (χ1) is 8.91. The first-order valence-electron chi connectivity index (χ1n) is 6.04. The largest absolute Gasteiger partial charge is 0.323 e. The monoisotopic (exact) mass is 283 g/mol. The summed E-state index contributed by atoms with van der Waals surface area (Å²) in [7, 11) is 0. The van der Waals surface area contributed by atoms with Crippen LogP contribution >= 0.6 is 11.6 Å². The molecule has 2 rings (SSSR count). The van der Waals surface area contributed by atoms with Crippen LogP contribution in [0.25, 0.3) is 0 Å². The van der Waals surface area contributed by atoms with Crippen molar-refractivity contribution >= 4 is 23.5 Å². The van der Waals surface area contributed by atoms with Crippen LogP contribution in [0, 0.1) is 11.2 Å². The number of carbonyl (C=O) groups excluding carboxylic acids is 1. The predicted octanol–water partition coefficient (Wildman–Crippen LogP) is 3.11. The van der Waals surface area contributed by atoms with Gasteiger partial charge in [-0.2, -0.15) is 0 Å². The van der Waals surface area contributed by atoms with Crippen molar-refractivity contribution in [1.82, 2.24) is 10.2 Å². The molecule has 0 radical (unpaired) electrons. The average molecular weight is 284 g/mol. The van der Waals surface area contributed by atoms with Crippen LogP contribution in [-0.2, 0) is 5.54 Å². The Morgan fingerprint density at radius 2 is 2.21 bits per heavy atom. The lowest BCUT2D eigenvalue weighted by Crippen LogP contribution is -2.44. The molecule has 1 heterocycles. The fourth-order valence-electron chi connectivity index (χ4n) is 2.35. The first-order valence-corrected chi connectivity index (χ1v) is 6.42. The number of halogens is 2. The van der Waals surface area contributed by atoms with Gasteiger partial charge in [-0.05, 0) is 25.5 Å². The van der Waals surface area contributed by atoms with E-state index in [0.29, 0.717) is 12.1 Å². The van der Waals surface area contributed by atoms with E-state index in [9.17, 15) is 9.18 Å². The summed E-state index contributed by atoms with van der Waals surface area (Å²) in [5, 5.41) is 10.7. The molecule has 1 atom stereocenters. The molecule has 1 fully saturated rings. The van der Waals surface area contributed by atoms with Gasteiger partial charge in [0.2, 0.25) is 0 Å². The van der Waals surface area contributed by atoms with Gasteiger partial charge in [0.1, 0.15) is 17.2 Å². The first kappa shape index (κ1) is 13.8. The third-order valence-corrected chi connectivity index (χ3v) is 3.72. The van der Waals surface area contributed by atoms with Gasteiger partial charge in [-0.1, -0.05) is 24.6 Å². The van der Waals surface area contributed by atoms with Crippen molar-refractivity contribution in [2.24, 2.45) is 0 Å². The number of benzene rings is 1. The summed E-state index contributed by atoms with van der Waals surface area (Å²) < 4.78 is 13.1. The van der Waals surface area contributed by atoms with Crippen molar-refractivity contribution in [2.45, 2.75) is 25.8 Å². The summed E-state index contributed by atoms with van der Waals surface area (Å²) in [4.78, 5) is 13.4. The highest BCUT2D eigenvalue weighted by molar-refractivity contribution is 6.32. The number of hydrogen-bond donors (Lipinski definition) is 2. The molecular formula is C13H15ClFN3O. The van der Waals surface area contributed by atoms with Crippen LogP contribution in [0.4, 0.5) is 9.18 Å². The molecule has 1 aromatic rings. The van der Waals surface area contributed by atoms with Gasteiger partial charge >= 0.3 is 6.03 Å². The quantitative estimate of drug-likeness (QED) is 0.880. The van der Waals surface area contributed by atoms with E-state index in [1.165, 1.54) is 18.2 Å². The van der Waals surface area contributed by atoms with Gasteiger partial charge in [-0.3, -0.25) is 10.7 Å². The molecule has 1 aliphatic rings. The summed E-state index contributed by atoms with van der Waals surface area (Å²) in [6.45, 7) is 4.18. The molecule has 6 heteroatoms. The van der Waals surface area contributed by atoms with Gasteiger partial charge in [0.25, 0.3) is 0 Å². The second-order valence-electron chi connectivity index (χ2n) is 4.65. The zero-order valence-electron chi connectivity index (χ0n) is 10.8. The van der Waals surface area contributed by atoms with Gasteiger partial charge in [-0.15, -0.1) is 0 Å². The van der Waals surface area contributed by atoms with Crippen LogP contribution in [0.5, 0.6) is 0 Å². The summed E-state index contributed by atoms with van der Waals surface area (Å²) in [5.41, 5.74) is -0.426. The highest BCUT2D eigenvalue weighted by Crippen LogP contribution is 2.37. The highest BCUT2D eigenvalue weighted by Gasteiger charge is 2.48. The lowest BCUT2D eigenvalue weighted by Gasteiger charge is -2.34. The Kier molecular flexibility index (Phi) is 3.49. The van der Waals surface area contributed by atoms with Crippen LogP contribution in [0.2, 0.25) is 5.02 Å². The standard InChI is InChI=1S/C13H15ClFN3O/c1-3-6-18-12(19)17-11(16)13(18,2)9-5-4-8(15)7-10(9)14/h4-5,7H,3,6H2,1-2H3,(H2,16,17,19). The molecule has 2 N–H and O–H groups in total. The molecule has 0 aliphatic carbocycles. The number of amides is 2. The van der Waals surface area contributed by atoms with Crippen LogP contribution in [-0.4, -0.2) is 23.3 Å². The van der Waals surface area contributed by atoms with E-state index < -0.39 is 11.4 Å². The highest BCUT2D eigenvalue weighted by atomic mass is 35.5. The molecule has 0 bridgehead atoms. The number of hydrogen-bond acceptors (Lipinski definition) is 2. The predicted molar refractivity (Wildman–Crippen MR) is 72.0 cm³/mol. The number of nitrogens with zero attached hydrogens (tertiary/aromatic N) is 1. The minimum absolute atomic E-state index is 0.0551. The number of nitrogens with one attached hydrogen (secondary N) is 2. The molecule has 1 aliphatic heterocycles. The lowest BCUT2D eigenvalue weighted by molar-refractivity contribution is 0.180. The van der Waals surface area contributed by atoms with Gasteiger partial charge in [0, 0.05) is 17.1 Å². The van der Waals surface area contributed by atoms with Gasteiger partial charge < -0.3 is 4.90 Å². The molecule has 102 valence electrons. The Hall–Kier alpha value is -1.62. The van der Waals surface area contributed by atoms with Crippen LogP contribution in [0.3, 0.4) is 0 Å². The Labute approximate surface area is 116 Å². The second kappa shape index (κ2) is 4.81. The fourth-order valence-corrected chi connectivity index (χ4v) is 2.70. The van der Waals surface area contributed by atoms with E-state index in [-0.39, 0.29) is 16.9 Å². The van der Waals surface area contributed by atoms with Crippen molar-refractivity contribution in [3.05, 3.63) is 34.6 Å². The third-order valence-electron chi connectivity index (χ3n) is 3.41. The van der Waals surface area contributed by atoms with Crippen molar-refractivity contribution < 1.29 is 9.18 Å². The minimum Gasteiger partial charge on any atom is -0.308 e. The smallest absolute Gasteiger partial charge is 0.308 e. The fraction of sp³-hybridized carbons (Fsp3) is 0.385. The normalized spacial score (nSPS) is 22.8. The molecule has 0 spiro atoms. The summed E-state index contributed by atoms with van der Waals surface area (Å²) >= 11 is 6.08. The van der Waals surface area contributed by atoms with E-state index >= 15 is 0 Å². The molecule has 0 saturated carbocycles. The number of rotatable bonds is 3. The van der Waals surface area contributed by atoms with E-state index in [4.69, 9.17) is 17.0 Å². The van der Waals surface area contributed by atoms with Crippen molar-refractivity contribution in [2.75, 3.05) is 6.54 Å². The summed E-state index contributed by atoms with van der Waals surface area (Å²) in [6, 6.07) is 3.68. The maximum Gasteiger partial charge on any atom is 0.323 e. The van der Waals surface area contributed by atoms with Gasteiger partial charge in [0.05, 0.1) is 0 Å². The Bertz CT molecular complexity index is 549. The number of amidine groups is 1. The van der Waals surface area contributed by atoms with E-state index in [2.05, 4.69) is 5.32 Å². The second-order valence-corrected chi connectivity index (χ2v) is 5.06. The van der Waals surface area contributed by atoms with Crippen molar-refractivity contribution in [3.63, 3.8) is 0 Å². The summed E-state index contributed by atoms with van der Waals surface area (Å²) in [6.07, 6.45) is 0.759. The maximum absolute atomic E-state index is 13.1. The van der Waals surface area contributed by atoms with Crippen molar-refractivity contribution in [3.8, 4) is 0 Å². The topological polar surface area (TPSA) is 56.2 Å². The zero-order chi connectivity index (χ0) is 14.2. The molecule has 1 saturated heterocycles. The van der Waals surface area contributed by atoms with Crippen LogP contribution in [0.15, 0.2) is 18.2 Å². The molecule has 1 unspecified atom stereocenters. The van der Waals surface area contributed by atoms with Gasteiger partial charge in [-0.25, -0.2) is 9.18 Å². The van der Waals surface area contributed by atoms with E-state index in [1.54, 1.807) is 11.8 Å².